The molecule has 41 heavy (non-hydrogen) atoms. The Labute approximate surface area is 246 Å². The number of nitrogens with one attached hydrogen (secondary N) is 1. The second kappa shape index (κ2) is 12.1. The van der Waals surface area contributed by atoms with Gasteiger partial charge in [0, 0.05) is 41.4 Å². The molecule has 3 aliphatic carbocycles. The number of aliphatic imine (C=N–C) groups is 1. The molecule has 5 aliphatic rings. The van der Waals surface area contributed by atoms with Crippen molar-refractivity contribution in [1.29, 1.82) is 0 Å². The zero-order chi connectivity index (χ0) is 28.3. The Morgan fingerprint density at radius 2 is 1.98 bits per heavy atom. The topological polar surface area (TPSA) is 56.9 Å². The van der Waals surface area contributed by atoms with E-state index in [1.807, 2.05) is 14.0 Å². The zero-order valence-corrected chi connectivity index (χ0v) is 24.8. The molecule has 0 fully saturated rings. The maximum absolute atomic E-state index is 6.18. The van der Waals surface area contributed by atoms with Crippen LogP contribution in [0.15, 0.2) is 113 Å². The lowest BCUT2D eigenvalue weighted by atomic mass is 9.85. The summed E-state index contributed by atoms with van der Waals surface area (Å²) in [6, 6.07) is 9.29. The molecular weight excluding hydrogens is 502 g/mol. The summed E-state index contributed by atoms with van der Waals surface area (Å²) in [5.41, 5.74) is 14.7. The molecule has 2 aliphatic heterocycles. The van der Waals surface area contributed by atoms with E-state index < -0.39 is 0 Å². The first-order valence-electron chi connectivity index (χ1n) is 15.5. The van der Waals surface area contributed by atoms with Gasteiger partial charge in [0.2, 0.25) is 0 Å². The molecular formula is C36H45N5. The molecule has 0 radical (unpaired) electrons. The summed E-state index contributed by atoms with van der Waals surface area (Å²) in [5.74, 6) is 1.70. The lowest BCUT2D eigenvalue weighted by Gasteiger charge is -2.41. The SMILES string of the molecule is CNC(N=C(C)N)N1C2=C(C=CCC2)C2/C=C\[C@H](C)c3ccccc3N(C3=C[C@H](C4=CC=CC=CC4)CCC3)CC21. The molecule has 3 N–H and O–H groups in total. The summed E-state index contributed by atoms with van der Waals surface area (Å²) in [5, 5.41) is 3.49. The molecule has 5 atom stereocenters. The maximum atomic E-state index is 6.18. The average molecular weight is 548 g/mol. The molecule has 0 saturated carbocycles. The van der Waals surface area contributed by atoms with Gasteiger partial charge >= 0.3 is 0 Å². The van der Waals surface area contributed by atoms with E-state index >= 15 is 0 Å². The molecule has 0 amide bonds. The third-order valence-corrected chi connectivity index (χ3v) is 9.35. The minimum Gasteiger partial charge on any atom is -0.388 e. The van der Waals surface area contributed by atoms with Crippen LogP contribution in [-0.4, -0.2) is 36.7 Å². The van der Waals surface area contributed by atoms with Crippen LogP contribution in [0, 0.1) is 11.8 Å². The Hall–Kier alpha value is -3.57. The van der Waals surface area contributed by atoms with E-state index in [1.54, 1.807) is 0 Å². The zero-order valence-electron chi connectivity index (χ0n) is 24.8. The van der Waals surface area contributed by atoms with Crippen molar-refractivity contribution in [3.05, 3.63) is 113 Å². The van der Waals surface area contributed by atoms with Crippen molar-refractivity contribution in [2.45, 2.75) is 70.6 Å². The van der Waals surface area contributed by atoms with Crippen molar-refractivity contribution < 1.29 is 0 Å². The third-order valence-electron chi connectivity index (χ3n) is 9.35. The predicted octanol–water partition coefficient (Wildman–Crippen LogP) is 7.08. The highest BCUT2D eigenvalue weighted by Gasteiger charge is 2.43. The van der Waals surface area contributed by atoms with Crippen LogP contribution in [0.3, 0.4) is 0 Å². The van der Waals surface area contributed by atoms with Gasteiger partial charge < -0.3 is 15.5 Å². The van der Waals surface area contributed by atoms with Crippen LogP contribution in [0.25, 0.3) is 0 Å². The quantitative estimate of drug-likeness (QED) is 0.235. The molecule has 2 heterocycles. The summed E-state index contributed by atoms with van der Waals surface area (Å²) in [6.45, 7) is 5.13. The van der Waals surface area contributed by atoms with Gasteiger partial charge in [-0.1, -0.05) is 91.5 Å². The Balaban J connectivity index is 1.47. The minimum absolute atomic E-state index is 0.196. The lowest BCUT2D eigenvalue weighted by molar-refractivity contribution is 0.168. The van der Waals surface area contributed by atoms with Gasteiger partial charge in [-0.2, -0.15) is 0 Å². The number of anilines is 1. The number of benzene rings is 1. The fourth-order valence-corrected chi connectivity index (χ4v) is 7.41. The normalized spacial score (nSPS) is 29.4. The lowest BCUT2D eigenvalue weighted by Crippen LogP contribution is -2.52. The summed E-state index contributed by atoms with van der Waals surface area (Å²) in [6.07, 6.45) is 29.9. The fraction of sp³-hybridized carbons (Fsp3) is 0.417. The van der Waals surface area contributed by atoms with Crippen molar-refractivity contribution in [2.24, 2.45) is 22.6 Å². The van der Waals surface area contributed by atoms with E-state index in [0.717, 1.165) is 32.2 Å². The Bertz CT molecular complexity index is 1380. The number of rotatable bonds is 5. The molecule has 0 saturated heterocycles. The first-order valence-corrected chi connectivity index (χ1v) is 15.5. The summed E-state index contributed by atoms with van der Waals surface area (Å²) < 4.78 is 0. The fourth-order valence-electron chi connectivity index (χ4n) is 7.41. The molecule has 1 aromatic carbocycles. The largest absolute Gasteiger partial charge is 0.388 e. The molecule has 0 bridgehead atoms. The van der Waals surface area contributed by atoms with E-state index in [0.29, 0.717) is 23.6 Å². The highest BCUT2D eigenvalue weighted by molar-refractivity contribution is 5.77. The van der Waals surface area contributed by atoms with Gasteiger partial charge in [-0.25, -0.2) is 4.99 Å². The maximum Gasteiger partial charge on any atom is 0.178 e. The van der Waals surface area contributed by atoms with Crippen molar-refractivity contribution in [3.8, 4) is 0 Å². The smallest absolute Gasteiger partial charge is 0.178 e. The van der Waals surface area contributed by atoms with Gasteiger partial charge in [0.1, 0.15) is 0 Å². The number of allylic oxidation sites excluding steroid dienone is 12. The summed E-state index contributed by atoms with van der Waals surface area (Å²) in [7, 11) is 2.00. The third kappa shape index (κ3) is 5.52. The number of para-hydroxylation sites is 1. The monoisotopic (exact) mass is 547 g/mol. The predicted molar refractivity (Wildman–Crippen MR) is 172 cm³/mol. The van der Waals surface area contributed by atoms with E-state index in [2.05, 4.69) is 107 Å². The highest BCUT2D eigenvalue weighted by atomic mass is 15.4. The van der Waals surface area contributed by atoms with Gasteiger partial charge in [0.25, 0.3) is 0 Å². The summed E-state index contributed by atoms with van der Waals surface area (Å²) >= 11 is 0. The molecule has 214 valence electrons. The molecule has 5 nitrogen and oxygen atoms in total. The van der Waals surface area contributed by atoms with Crippen molar-refractivity contribution in [3.63, 3.8) is 0 Å². The van der Waals surface area contributed by atoms with Crippen LogP contribution in [0.5, 0.6) is 0 Å². The molecule has 3 unspecified atom stereocenters. The van der Waals surface area contributed by atoms with Gasteiger partial charge in [-0.3, -0.25) is 5.32 Å². The number of fused-ring (bicyclic) bond motifs is 3. The van der Waals surface area contributed by atoms with Crippen LogP contribution in [0.2, 0.25) is 0 Å². The van der Waals surface area contributed by atoms with Crippen LogP contribution in [0.1, 0.15) is 63.9 Å². The Kier molecular flexibility index (Phi) is 8.16. The van der Waals surface area contributed by atoms with E-state index in [9.17, 15) is 0 Å². The van der Waals surface area contributed by atoms with Crippen molar-refractivity contribution in [1.82, 2.24) is 10.2 Å². The Morgan fingerprint density at radius 3 is 2.83 bits per heavy atom. The molecule has 0 spiro atoms. The number of amidine groups is 1. The molecule has 6 rings (SSSR count). The highest BCUT2D eigenvalue weighted by Crippen LogP contribution is 2.45. The second-order valence-electron chi connectivity index (χ2n) is 12.0. The van der Waals surface area contributed by atoms with Crippen molar-refractivity contribution in [2.75, 3.05) is 18.5 Å². The van der Waals surface area contributed by atoms with Crippen LogP contribution in [-0.2, 0) is 0 Å². The first kappa shape index (κ1) is 27.6. The number of nitrogens with zero attached hydrogens (tertiary/aromatic N) is 3. The molecule has 1 aromatic rings. The van der Waals surface area contributed by atoms with E-state index in [4.69, 9.17) is 10.7 Å². The van der Waals surface area contributed by atoms with Gasteiger partial charge in [-0.15, -0.1) is 0 Å². The molecule has 5 heteroatoms. The van der Waals surface area contributed by atoms with Gasteiger partial charge in [0.15, 0.2) is 6.29 Å². The number of nitrogens with two attached hydrogens (primary N) is 1. The van der Waals surface area contributed by atoms with E-state index in [1.165, 1.54) is 46.6 Å². The standard InChI is InChI=1S/C36H45N5/c1-25-21-22-32-31-18-9-11-20-34(31)41(36(38-3)39-26(2)37)35(32)24-40(33-19-10-8-17-30(25)33)29-16-12-15-28(23-29)27-13-6-4-5-7-14-27/h4-10,13,17-19,21-23,25,28,32,35-36,38H,11-12,14-16,20,24H2,1-3H3,(H2,37,39)/b22-21-/t25-,28+,32?,35?,36?/m0/s1. The molecule has 0 aromatic heterocycles. The summed E-state index contributed by atoms with van der Waals surface area (Å²) in [4.78, 5) is 10.1. The Morgan fingerprint density at radius 1 is 1.10 bits per heavy atom. The van der Waals surface area contributed by atoms with Crippen molar-refractivity contribution >= 4 is 11.5 Å². The second-order valence-corrected chi connectivity index (χ2v) is 12.0. The first-order chi connectivity index (χ1) is 20.0. The van der Waals surface area contributed by atoms with Gasteiger partial charge in [0.05, 0.1) is 11.9 Å². The van der Waals surface area contributed by atoms with Gasteiger partial charge in [-0.05, 0) is 69.7 Å². The van der Waals surface area contributed by atoms with Crippen LogP contribution < -0.4 is 16.0 Å². The van der Waals surface area contributed by atoms with Crippen LogP contribution in [0.4, 0.5) is 5.69 Å². The number of hydrogen-bond acceptors (Lipinski definition) is 4. The van der Waals surface area contributed by atoms with Crippen LogP contribution >= 0.6 is 0 Å². The number of hydrogen-bond donors (Lipinski definition) is 2. The minimum atomic E-state index is -0.196. The average Bonchev–Trinajstić information content (AvgIpc) is 3.11. The van der Waals surface area contributed by atoms with E-state index in [-0.39, 0.29) is 12.3 Å².